The topological polar surface area (TPSA) is 107 Å². The van der Waals surface area contributed by atoms with Gasteiger partial charge >= 0.3 is 17.9 Å². The first kappa shape index (κ1) is 36.9. The molecule has 5 aliphatic carbocycles. The van der Waals surface area contributed by atoms with Gasteiger partial charge < -0.3 is 28.4 Å². The van der Waals surface area contributed by atoms with E-state index in [2.05, 4.69) is 20.4 Å². The number of hydrogen-bond donors (Lipinski definition) is 0. The number of benzene rings is 1. The maximum atomic E-state index is 13.9. The van der Waals surface area contributed by atoms with Crippen LogP contribution in [0.5, 0.6) is 5.75 Å². The summed E-state index contributed by atoms with van der Waals surface area (Å²) in [5.74, 6) is 0.651. The number of esters is 3. The fourth-order valence-corrected chi connectivity index (χ4v) is 10.1. The lowest BCUT2D eigenvalue weighted by Gasteiger charge is -2.60. The van der Waals surface area contributed by atoms with E-state index in [0.29, 0.717) is 36.0 Å². The van der Waals surface area contributed by atoms with Gasteiger partial charge in [0.2, 0.25) is 0 Å². The molecule has 50 heavy (non-hydrogen) atoms. The normalized spacial score (nSPS) is 32.2. The van der Waals surface area contributed by atoms with Crippen LogP contribution in [0.15, 0.2) is 36.4 Å². The lowest BCUT2D eigenvalue weighted by Crippen LogP contribution is -2.60. The zero-order chi connectivity index (χ0) is 35.6. The van der Waals surface area contributed by atoms with Crippen molar-refractivity contribution >= 4 is 17.9 Å². The average molecular weight is 695 g/mol. The van der Waals surface area contributed by atoms with Crippen molar-refractivity contribution in [1.82, 2.24) is 0 Å². The number of rotatable bonds is 15. The zero-order valence-electron chi connectivity index (χ0n) is 30.7. The van der Waals surface area contributed by atoms with Crippen molar-refractivity contribution in [2.24, 2.45) is 17.3 Å². The lowest BCUT2D eigenvalue weighted by atomic mass is 9.48. The van der Waals surface area contributed by atoms with E-state index < -0.39 is 28.9 Å². The number of carbonyl (C=O) groups excluding carboxylic acids is 3. The second kappa shape index (κ2) is 15.0. The quantitative estimate of drug-likeness (QED) is 0.102. The van der Waals surface area contributed by atoms with E-state index in [0.717, 1.165) is 95.5 Å². The molecule has 1 aliphatic heterocycles. The van der Waals surface area contributed by atoms with Crippen molar-refractivity contribution < 1.29 is 42.8 Å². The highest BCUT2D eigenvalue weighted by Gasteiger charge is 2.62. The molecular formula is C41H58O9. The molecule has 1 aromatic carbocycles. The highest BCUT2D eigenvalue weighted by molar-refractivity contribution is 5.87. The van der Waals surface area contributed by atoms with E-state index in [1.165, 1.54) is 0 Å². The van der Waals surface area contributed by atoms with Crippen molar-refractivity contribution in [3.05, 3.63) is 42.0 Å². The molecule has 7 rings (SSSR count). The Balaban J connectivity index is 1.01. The monoisotopic (exact) mass is 694 g/mol. The molecule has 5 atom stereocenters. The van der Waals surface area contributed by atoms with Gasteiger partial charge in [0.25, 0.3) is 0 Å². The number of carbonyl (C=O) groups is 3. The Bertz CT molecular complexity index is 1380. The minimum absolute atomic E-state index is 0.0487. The van der Waals surface area contributed by atoms with Gasteiger partial charge in [-0.3, -0.25) is 4.79 Å². The minimum atomic E-state index is -0.763. The van der Waals surface area contributed by atoms with Crippen molar-refractivity contribution in [1.29, 1.82) is 0 Å². The molecular weight excluding hydrogens is 636 g/mol. The Morgan fingerprint density at radius 2 is 1.68 bits per heavy atom. The summed E-state index contributed by atoms with van der Waals surface area (Å²) in [6.07, 6.45) is 13.3. The van der Waals surface area contributed by atoms with Gasteiger partial charge in [-0.15, -0.1) is 0 Å². The highest BCUT2D eigenvalue weighted by Crippen LogP contribution is 2.63. The smallest absolute Gasteiger partial charge is 0.333 e. The molecule has 1 saturated heterocycles. The maximum absolute atomic E-state index is 13.9. The maximum Gasteiger partial charge on any atom is 0.333 e. The molecule has 276 valence electrons. The molecule has 4 bridgehead atoms. The molecule has 1 heterocycles. The van der Waals surface area contributed by atoms with Crippen LogP contribution in [0.1, 0.15) is 136 Å². The summed E-state index contributed by atoms with van der Waals surface area (Å²) in [5, 5.41) is 0. The largest absolute Gasteiger partial charge is 0.465 e. The fourth-order valence-electron chi connectivity index (χ4n) is 10.1. The molecule has 0 radical (unpaired) electrons. The summed E-state index contributed by atoms with van der Waals surface area (Å²) in [5.41, 5.74) is -0.866. The summed E-state index contributed by atoms with van der Waals surface area (Å²) in [7, 11) is 0. The molecule has 9 nitrogen and oxygen atoms in total. The Morgan fingerprint density at radius 1 is 0.980 bits per heavy atom. The molecule has 1 aromatic rings. The molecule has 0 aromatic heterocycles. The third-order valence-electron chi connectivity index (χ3n) is 12.3. The average Bonchev–Trinajstić information content (AvgIpc) is 3.55. The third-order valence-corrected chi connectivity index (χ3v) is 12.3. The van der Waals surface area contributed by atoms with Crippen LogP contribution >= 0.6 is 0 Å². The van der Waals surface area contributed by atoms with Crippen molar-refractivity contribution in [2.75, 3.05) is 13.2 Å². The van der Waals surface area contributed by atoms with Crippen molar-refractivity contribution in [2.45, 2.75) is 160 Å². The Hall–Kier alpha value is -2.91. The Morgan fingerprint density at radius 3 is 2.32 bits per heavy atom. The van der Waals surface area contributed by atoms with E-state index >= 15 is 0 Å². The van der Waals surface area contributed by atoms with Crippen LogP contribution in [0.25, 0.3) is 0 Å². The second-order valence-corrected chi connectivity index (χ2v) is 16.4. The molecule has 0 amide bonds. The lowest BCUT2D eigenvalue weighted by molar-refractivity contribution is -0.220. The summed E-state index contributed by atoms with van der Waals surface area (Å²) >= 11 is 0. The first-order valence-electron chi connectivity index (χ1n) is 19.2. The van der Waals surface area contributed by atoms with E-state index in [1.807, 2.05) is 31.2 Å². The molecule has 6 aliphatic rings. The Labute approximate surface area is 298 Å². The van der Waals surface area contributed by atoms with Gasteiger partial charge in [0, 0.05) is 12.0 Å². The fraction of sp³-hybridized carbons (Fsp3) is 0.732. The molecule has 5 saturated carbocycles. The summed E-state index contributed by atoms with van der Waals surface area (Å²) in [4.78, 5) is 39.2. The molecule has 5 unspecified atom stereocenters. The van der Waals surface area contributed by atoms with Crippen LogP contribution in [0, 0.1) is 17.3 Å². The zero-order valence-corrected chi connectivity index (χ0v) is 30.7. The van der Waals surface area contributed by atoms with Gasteiger partial charge in [0.1, 0.15) is 30.2 Å². The van der Waals surface area contributed by atoms with Crippen LogP contribution < -0.4 is 4.74 Å². The van der Waals surface area contributed by atoms with Crippen molar-refractivity contribution in [3.63, 3.8) is 0 Å². The second-order valence-electron chi connectivity index (χ2n) is 16.4. The number of hydrogen-bond acceptors (Lipinski definition) is 9. The van der Waals surface area contributed by atoms with Crippen LogP contribution in [-0.2, 0) is 43.7 Å². The summed E-state index contributed by atoms with van der Waals surface area (Å²) in [6.45, 7) is 11.6. The van der Waals surface area contributed by atoms with E-state index in [9.17, 15) is 14.4 Å². The predicted octanol–water partition coefficient (Wildman–Crippen LogP) is 8.26. The molecule has 6 fully saturated rings. The van der Waals surface area contributed by atoms with Gasteiger partial charge in [-0.25, -0.2) is 9.59 Å². The molecule has 0 N–H and O–H groups in total. The van der Waals surface area contributed by atoms with Crippen LogP contribution in [0.3, 0.4) is 0 Å². The molecule has 9 heteroatoms. The SMILES string of the molecule is C=C(C)C(=O)OC(C)(CCC)c1ccc(OC2CCCC(COC(=O)C34CC5CC(CC(OCC(=O)OC6(CC)CCCC6)(C5)C3)C4)O2)cc1. The first-order valence-corrected chi connectivity index (χ1v) is 19.2. The summed E-state index contributed by atoms with van der Waals surface area (Å²) in [6, 6.07) is 7.63. The van der Waals surface area contributed by atoms with Gasteiger partial charge in [-0.2, -0.15) is 0 Å². The van der Waals surface area contributed by atoms with Crippen LogP contribution in [0.2, 0.25) is 0 Å². The Kier molecular flexibility index (Phi) is 11.0. The highest BCUT2D eigenvalue weighted by atomic mass is 16.7. The van der Waals surface area contributed by atoms with E-state index in [4.69, 9.17) is 28.4 Å². The van der Waals surface area contributed by atoms with Gasteiger partial charge in [0.15, 0.2) is 6.29 Å². The molecule has 0 spiro atoms. The van der Waals surface area contributed by atoms with E-state index in [-0.39, 0.29) is 36.9 Å². The van der Waals surface area contributed by atoms with E-state index in [1.54, 1.807) is 6.92 Å². The minimum Gasteiger partial charge on any atom is -0.465 e. The first-order chi connectivity index (χ1) is 23.9. The van der Waals surface area contributed by atoms with Crippen LogP contribution in [0.4, 0.5) is 0 Å². The van der Waals surface area contributed by atoms with Crippen molar-refractivity contribution in [3.8, 4) is 5.75 Å². The number of ether oxygens (including phenoxy) is 6. The standard InChI is InChI=1S/C41H58O9/c1-6-17-38(5,50-36(43)28(3)4)31-13-15-32(16-14-31)47-35-12-10-11-33(48-35)25-45-37(44)39-21-29-20-30(22-39)24-41(23-29,27-39)46-26-34(42)49-40(7-2)18-8-9-19-40/h13-16,29-30,33,35H,3,6-12,17-27H2,1-2,4-5H3. The summed E-state index contributed by atoms with van der Waals surface area (Å²) < 4.78 is 36.8. The third kappa shape index (κ3) is 8.09. The van der Waals surface area contributed by atoms with Crippen LogP contribution in [-0.4, -0.2) is 54.7 Å². The predicted molar refractivity (Wildman–Crippen MR) is 187 cm³/mol. The van der Waals surface area contributed by atoms with Gasteiger partial charge in [-0.05, 0) is 133 Å². The van der Waals surface area contributed by atoms with Gasteiger partial charge in [0.05, 0.1) is 17.1 Å². The van der Waals surface area contributed by atoms with Gasteiger partial charge in [-0.1, -0.05) is 39.0 Å².